The summed E-state index contributed by atoms with van der Waals surface area (Å²) in [6.07, 6.45) is -4.85. The molecule has 0 aliphatic carbocycles. The second-order valence-electron chi connectivity index (χ2n) is 8.97. The van der Waals surface area contributed by atoms with E-state index in [0.717, 1.165) is 5.69 Å². The molecule has 3 aromatic rings. The van der Waals surface area contributed by atoms with Crippen molar-refractivity contribution in [1.29, 1.82) is 0 Å². The van der Waals surface area contributed by atoms with Crippen molar-refractivity contribution in [2.24, 2.45) is 10.9 Å². The minimum atomic E-state index is -4.85. The standard InChI is InChI=1S/C25H21Cl2F4N5O/c1-14-12-20-32-23(25(29,30)31)21(22(36(20)33-14)15-2-7-18(26)19(27)13-15)24(37)35-10-8-34(9-11-35)17-5-3-16(28)4-6-17/h2-7,12-13,21-22H,8-11H2,1H3. The van der Waals surface area contributed by atoms with Crippen LogP contribution in [0.25, 0.3) is 0 Å². The minimum absolute atomic E-state index is 0.00563. The number of benzene rings is 2. The monoisotopic (exact) mass is 553 g/mol. The first-order chi connectivity index (χ1) is 17.5. The molecule has 2 aliphatic rings. The van der Waals surface area contributed by atoms with Crippen LogP contribution in [0.5, 0.6) is 0 Å². The Morgan fingerprint density at radius 2 is 1.65 bits per heavy atom. The van der Waals surface area contributed by atoms with Gasteiger partial charge >= 0.3 is 6.18 Å². The molecule has 0 spiro atoms. The van der Waals surface area contributed by atoms with Crippen molar-refractivity contribution < 1.29 is 22.4 Å². The van der Waals surface area contributed by atoms with E-state index >= 15 is 0 Å². The zero-order valence-corrected chi connectivity index (χ0v) is 21.0. The SMILES string of the molecule is Cc1cc2n(n1)C(c1ccc(Cl)c(Cl)c1)C(C(=O)N1CCN(c3ccc(F)cc3)CC1)C(C(F)(F)F)=N2. The summed E-state index contributed by atoms with van der Waals surface area (Å²) in [6.45, 7) is 2.79. The number of piperazine rings is 1. The number of anilines is 1. The highest BCUT2D eigenvalue weighted by molar-refractivity contribution is 6.42. The Balaban J connectivity index is 1.51. The van der Waals surface area contributed by atoms with Gasteiger partial charge in [0.05, 0.1) is 21.8 Å². The van der Waals surface area contributed by atoms with Gasteiger partial charge in [0.25, 0.3) is 0 Å². The summed E-state index contributed by atoms with van der Waals surface area (Å²) in [5, 5.41) is 4.76. The number of fused-ring (bicyclic) bond motifs is 1. The van der Waals surface area contributed by atoms with Gasteiger partial charge in [0.2, 0.25) is 5.91 Å². The van der Waals surface area contributed by atoms with Gasteiger partial charge in [-0.2, -0.15) is 18.3 Å². The maximum Gasteiger partial charge on any atom is 0.430 e. The van der Waals surface area contributed by atoms with E-state index in [9.17, 15) is 22.4 Å². The number of carbonyl (C=O) groups excluding carboxylic acids is 1. The molecule has 2 atom stereocenters. The number of hydrogen-bond donors (Lipinski definition) is 0. The average molecular weight is 554 g/mol. The second kappa shape index (κ2) is 9.64. The molecular weight excluding hydrogens is 533 g/mol. The van der Waals surface area contributed by atoms with Gasteiger partial charge in [-0.25, -0.2) is 14.1 Å². The van der Waals surface area contributed by atoms with Gasteiger partial charge < -0.3 is 9.80 Å². The van der Waals surface area contributed by atoms with Gasteiger partial charge in [-0.05, 0) is 48.9 Å². The first-order valence-corrected chi connectivity index (χ1v) is 12.2. The lowest BCUT2D eigenvalue weighted by Crippen LogP contribution is -2.54. The van der Waals surface area contributed by atoms with Crippen LogP contribution in [-0.2, 0) is 4.79 Å². The summed E-state index contributed by atoms with van der Waals surface area (Å²) in [7, 11) is 0. The normalized spacial score (nSPS) is 20.0. The summed E-state index contributed by atoms with van der Waals surface area (Å²) in [5.74, 6) is -2.74. The summed E-state index contributed by atoms with van der Waals surface area (Å²) < 4.78 is 57.7. The third-order valence-corrected chi connectivity index (χ3v) is 7.31. The molecule has 37 heavy (non-hydrogen) atoms. The minimum Gasteiger partial charge on any atom is -0.368 e. The van der Waals surface area contributed by atoms with E-state index in [1.807, 2.05) is 4.90 Å². The molecule has 1 fully saturated rings. The van der Waals surface area contributed by atoms with E-state index in [1.54, 1.807) is 25.1 Å². The average Bonchev–Trinajstić information content (AvgIpc) is 3.24. The van der Waals surface area contributed by atoms with Gasteiger partial charge in [0, 0.05) is 37.9 Å². The van der Waals surface area contributed by atoms with Crippen molar-refractivity contribution in [3.05, 3.63) is 75.7 Å². The Bertz CT molecular complexity index is 1360. The fourth-order valence-corrected chi connectivity index (χ4v) is 5.14. The maximum absolute atomic E-state index is 14.4. The number of alkyl halides is 3. The molecule has 2 aromatic carbocycles. The summed E-state index contributed by atoms with van der Waals surface area (Å²) in [6, 6.07) is 10.7. The van der Waals surface area contributed by atoms with Gasteiger partial charge in [-0.3, -0.25) is 4.79 Å². The smallest absolute Gasteiger partial charge is 0.368 e. The lowest BCUT2D eigenvalue weighted by atomic mass is 9.86. The van der Waals surface area contributed by atoms with Crippen LogP contribution in [0.4, 0.5) is 29.1 Å². The Hall–Kier alpha value is -3.11. The van der Waals surface area contributed by atoms with Crippen LogP contribution in [0.2, 0.25) is 10.0 Å². The highest BCUT2D eigenvalue weighted by Gasteiger charge is 2.52. The van der Waals surface area contributed by atoms with Crippen LogP contribution in [0.3, 0.4) is 0 Å². The van der Waals surface area contributed by atoms with E-state index in [1.165, 1.54) is 39.9 Å². The van der Waals surface area contributed by atoms with Crippen molar-refractivity contribution >= 4 is 46.3 Å². The van der Waals surface area contributed by atoms with Gasteiger partial charge in [-0.1, -0.05) is 29.3 Å². The van der Waals surface area contributed by atoms with Gasteiger partial charge in [0.15, 0.2) is 5.82 Å². The molecule has 1 amide bonds. The predicted molar refractivity (Wildman–Crippen MR) is 133 cm³/mol. The number of nitrogens with zero attached hydrogens (tertiary/aromatic N) is 5. The number of rotatable bonds is 3. The molecule has 6 nitrogen and oxygen atoms in total. The number of aromatic nitrogens is 2. The van der Waals surface area contributed by atoms with Crippen molar-refractivity contribution in [3.8, 4) is 0 Å². The lowest BCUT2D eigenvalue weighted by molar-refractivity contribution is -0.136. The highest BCUT2D eigenvalue weighted by Crippen LogP contribution is 2.43. The number of halogens is 6. The molecule has 12 heteroatoms. The summed E-state index contributed by atoms with van der Waals surface area (Å²) in [4.78, 5) is 21.1. The van der Waals surface area contributed by atoms with Crippen LogP contribution in [0.1, 0.15) is 17.3 Å². The molecule has 1 saturated heterocycles. The molecule has 0 saturated carbocycles. The number of carbonyl (C=O) groups is 1. The predicted octanol–water partition coefficient (Wildman–Crippen LogP) is 5.84. The van der Waals surface area contributed by atoms with E-state index in [0.29, 0.717) is 24.3 Å². The quantitative estimate of drug-likeness (QED) is 0.383. The Labute approximate surface area is 220 Å². The molecule has 1 aromatic heterocycles. The Kier molecular flexibility index (Phi) is 6.66. The Morgan fingerprint density at radius 3 is 2.27 bits per heavy atom. The van der Waals surface area contributed by atoms with E-state index < -0.39 is 29.8 Å². The summed E-state index contributed by atoms with van der Waals surface area (Å²) in [5.41, 5.74) is 0.418. The lowest BCUT2D eigenvalue weighted by Gasteiger charge is -2.40. The molecule has 0 bridgehead atoms. The van der Waals surface area contributed by atoms with Crippen LogP contribution < -0.4 is 4.90 Å². The second-order valence-corrected chi connectivity index (χ2v) is 9.78. The molecule has 5 rings (SSSR count). The van der Waals surface area contributed by atoms with Crippen LogP contribution in [-0.4, -0.2) is 58.7 Å². The molecular formula is C25H21Cl2F4N5O. The third kappa shape index (κ3) is 4.92. The molecule has 2 unspecified atom stereocenters. The van der Waals surface area contributed by atoms with E-state index in [4.69, 9.17) is 23.2 Å². The van der Waals surface area contributed by atoms with Crippen molar-refractivity contribution in [2.75, 3.05) is 31.1 Å². The highest BCUT2D eigenvalue weighted by atomic mass is 35.5. The molecule has 0 radical (unpaired) electrons. The maximum atomic E-state index is 14.4. The largest absolute Gasteiger partial charge is 0.430 e. The Morgan fingerprint density at radius 1 is 0.973 bits per heavy atom. The van der Waals surface area contributed by atoms with Crippen LogP contribution in [0.15, 0.2) is 53.5 Å². The van der Waals surface area contributed by atoms with E-state index in [-0.39, 0.29) is 34.8 Å². The van der Waals surface area contributed by atoms with Crippen LogP contribution >= 0.6 is 23.2 Å². The molecule has 2 aliphatic heterocycles. The van der Waals surface area contributed by atoms with Crippen molar-refractivity contribution in [3.63, 3.8) is 0 Å². The number of aryl methyl sites for hydroxylation is 1. The van der Waals surface area contributed by atoms with Gasteiger partial charge in [-0.15, -0.1) is 0 Å². The van der Waals surface area contributed by atoms with Gasteiger partial charge in [0.1, 0.15) is 17.4 Å². The van der Waals surface area contributed by atoms with Crippen LogP contribution in [0, 0.1) is 18.7 Å². The first kappa shape index (κ1) is 25.5. The van der Waals surface area contributed by atoms with E-state index in [2.05, 4.69) is 10.1 Å². The summed E-state index contributed by atoms with van der Waals surface area (Å²) >= 11 is 12.3. The molecule has 194 valence electrons. The van der Waals surface area contributed by atoms with Crippen molar-refractivity contribution in [1.82, 2.24) is 14.7 Å². The van der Waals surface area contributed by atoms with Crippen molar-refractivity contribution in [2.45, 2.75) is 19.1 Å². The number of amides is 1. The zero-order valence-electron chi connectivity index (χ0n) is 19.5. The molecule has 3 heterocycles. The third-order valence-electron chi connectivity index (χ3n) is 6.57. The first-order valence-electron chi connectivity index (χ1n) is 11.5. The molecule has 0 N–H and O–H groups in total. The fourth-order valence-electron chi connectivity index (χ4n) is 4.83. The fraction of sp³-hybridized carbons (Fsp3) is 0.320. The zero-order chi connectivity index (χ0) is 26.5. The number of aliphatic imine (C=N–C) groups is 1. The number of hydrogen-bond acceptors (Lipinski definition) is 4. The topological polar surface area (TPSA) is 53.7 Å².